The molecule has 1 aromatic carbocycles. The number of methoxy groups -OCH3 is 2. The molecule has 0 unspecified atom stereocenters. The molecule has 15 N–H and O–H groups in total. The van der Waals surface area contributed by atoms with Crippen molar-refractivity contribution in [1.82, 2.24) is 15.2 Å². The van der Waals surface area contributed by atoms with Gasteiger partial charge < -0.3 is 52.8 Å². The molecule has 0 aliphatic rings. The smallest absolute Gasteiger partial charge is 0.270 e. The molecule has 2 rings (SSSR count). The highest BCUT2D eigenvalue weighted by molar-refractivity contribution is 7.14. The number of aromatic hydroxyl groups is 1. The van der Waals surface area contributed by atoms with Gasteiger partial charge in [0, 0.05) is 42.7 Å². The molecular formula is C21H43ClN4O11S. The van der Waals surface area contributed by atoms with Crippen LogP contribution < -0.4 is 20.1 Å². The highest BCUT2D eigenvalue weighted by Gasteiger charge is 2.19. The summed E-state index contributed by atoms with van der Waals surface area (Å²) in [5.41, 5.74) is 0.221. The van der Waals surface area contributed by atoms with E-state index < -0.39 is 5.91 Å². The van der Waals surface area contributed by atoms with E-state index in [0.717, 1.165) is 17.9 Å². The number of nitrogens with one attached hydrogen (secondary N) is 2. The van der Waals surface area contributed by atoms with Crippen LogP contribution in [0.3, 0.4) is 0 Å². The predicted octanol–water partition coefficient (Wildman–Crippen LogP) is -1.56. The largest absolute Gasteiger partial charge is 0.507 e. The van der Waals surface area contributed by atoms with E-state index in [-0.39, 0.29) is 73.3 Å². The topological polar surface area (TPSA) is 302 Å². The van der Waals surface area contributed by atoms with Crippen LogP contribution in [0.25, 0.3) is 0 Å². The standard InChI is InChI=1S/C21H30N4O5S.ClH.6H2O/c1-12(2)25(13(3)4)8-7-22-20(28)15-11-31-21(23-15)24-19(27)14-9-17(29-5)18(30-6)10-16(14)26;;;;;;;/h9-13,26H,7-8H2,1-6H3,(H,22,28)(H,23,24,27);1H;6*1H2. The molecule has 0 aliphatic carbocycles. The van der Waals surface area contributed by atoms with Gasteiger partial charge in [-0.25, -0.2) is 4.98 Å². The molecule has 0 aliphatic heterocycles. The van der Waals surface area contributed by atoms with Gasteiger partial charge in [0.2, 0.25) is 0 Å². The average molecular weight is 595 g/mol. The number of benzene rings is 1. The molecule has 2 aromatic rings. The lowest BCUT2D eigenvalue weighted by atomic mass is 10.1. The lowest BCUT2D eigenvalue weighted by Crippen LogP contribution is -2.42. The molecule has 17 heteroatoms. The van der Waals surface area contributed by atoms with Crippen LogP contribution in [-0.2, 0) is 0 Å². The van der Waals surface area contributed by atoms with Crippen LogP contribution in [0.5, 0.6) is 17.2 Å². The number of aromatic nitrogens is 1. The van der Waals surface area contributed by atoms with Crippen molar-refractivity contribution < 1.29 is 57.0 Å². The molecule has 0 fully saturated rings. The molecule has 0 bridgehead atoms. The Bertz CT molecular complexity index is 925. The van der Waals surface area contributed by atoms with Crippen molar-refractivity contribution in [3.8, 4) is 17.2 Å². The Morgan fingerprint density at radius 2 is 1.45 bits per heavy atom. The fourth-order valence-corrected chi connectivity index (χ4v) is 3.84. The molecule has 0 saturated heterocycles. The van der Waals surface area contributed by atoms with E-state index in [1.807, 2.05) is 0 Å². The Labute approximate surface area is 231 Å². The molecule has 0 saturated carbocycles. The number of phenols is 1. The second-order valence-electron chi connectivity index (χ2n) is 7.40. The van der Waals surface area contributed by atoms with Crippen molar-refractivity contribution in [2.45, 2.75) is 39.8 Å². The summed E-state index contributed by atoms with van der Waals surface area (Å²) in [6.45, 7) is 9.70. The number of anilines is 1. The molecule has 0 atom stereocenters. The molecule has 0 radical (unpaired) electrons. The number of carbonyl (C=O) groups excluding carboxylic acids is 2. The zero-order chi connectivity index (χ0) is 23.1. The molecule has 15 nitrogen and oxygen atoms in total. The van der Waals surface area contributed by atoms with E-state index >= 15 is 0 Å². The van der Waals surface area contributed by atoms with Crippen molar-refractivity contribution in [1.29, 1.82) is 0 Å². The number of rotatable bonds is 10. The summed E-state index contributed by atoms with van der Waals surface area (Å²) in [5, 5.41) is 17.4. The number of ether oxygens (including phenoxy) is 2. The van der Waals surface area contributed by atoms with Crippen LogP contribution in [0.4, 0.5) is 5.13 Å². The van der Waals surface area contributed by atoms with Gasteiger partial charge in [-0.1, -0.05) is 0 Å². The zero-order valence-corrected chi connectivity index (χ0v) is 23.7. The van der Waals surface area contributed by atoms with E-state index in [9.17, 15) is 14.7 Å². The second kappa shape index (κ2) is 22.2. The Kier molecular flexibility index (Phi) is 28.2. The number of amides is 2. The fraction of sp³-hybridized carbons (Fsp3) is 0.476. The molecular weight excluding hydrogens is 552 g/mol. The number of hydrogen-bond acceptors (Lipinski definition) is 8. The van der Waals surface area contributed by atoms with E-state index in [0.29, 0.717) is 30.1 Å². The summed E-state index contributed by atoms with van der Waals surface area (Å²) < 4.78 is 10.3. The Morgan fingerprint density at radius 3 is 1.92 bits per heavy atom. The molecule has 1 aromatic heterocycles. The highest BCUT2D eigenvalue weighted by Crippen LogP contribution is 2.34. The Balaban J connectivity index is -0.000000366. The van der Waals surface area contributed by atoms with Gasteiger partial charge >= 0.3 is 0 Å². The first-order valence-corrected chi connectivity index (χ1v) is 10.8. The molecule has 0 spiro atoms. The third-order valence-electron chi connectivity index (χ3n) is 4.69. The molecule has 2 amide bonds. The van der Waals surface area contributed by atoms with Crippen LogP contribution in [0.2, 0.25) is 0 Å². The van der Waals surface area contributed by atoms with E-state index in [4.69, 9.17) is 9.47 Å². The third-order valence-corrected chi connectivity index (χ3v) is 5.44. The van der Waals surface area contributed by atoms with Crippen molar-refractivity contribution >= 4 is 40.7 Å². The van der Waals surface area contributed by atoms with Crippen molar-refractivity contribution in [2.24, 2.45) is 0 Å². The van der Waals surface area contributed by atoms with Crippen molar-refractivity contribution in [2.75, 3.05) is 32.6 Å². The van der Waals surface area contributed by atoms with E-state index in [2.05, 4.69) is 48.2 Å². The van der Waals surface area contributed by atoms with Gasteiger partial charge in [-0.2, -0.15) is 0 Å². The Hall–Kier alpha value is -2.80. The maximum absolute atomic E-state index is 12.5. The maximum atomic E-state index is 12.5. The summed E-state index contributed by atoms with van der Waals surface area (Å²) in [6.07, 6.45) is 0. The van der Waals surface area contributed by atoms with Gasteiger partial charge in [0.05, 0.1) is 19.8 Å². The number of carbonyl (C=O) groups is 2. The van der Waals surface area contributed by atoms with Crippen LogP contribution >= 0.6 is 23.7 Å². The minimum absolute atomic E-state index is 0. The summed E-state index contributed by atoms with van der Waals surface area (Å²) >= 11 is 1.12. The number of thiazole rings is 1. The first-order chi connectivity index (χ1) is 14.7. The fourth-order valence-electron chi connectivity index (χ4n) is 3.15. The number of nitrogens with zero attached hydrogens (tertiary/aromatic N) is 2. The zero-order valence-electron chi connectivity index (χ0n) is 22.1. The summed E-state index contributed by atoms with van der Waals surface area (Å²) in [4.78, 5) is 31.4. The SMILES string of the molecule is COc1cc(O)c(C(=O)Nc2nc(C(=O)NCCN(C(C)C)C(C)C)cs2)cc1OC.Cl.O.O.O.O.O.O. The van der Waals surface area contributed by atoms with Crippen LogP contribution in [0, 0.1) is 0 Å². The van der Waals surface area contributed by atoms with Crippen LogP contribution in [0.1, 0.15) is 48.5 Å². The molecule has 226 valence electrons. The number of hydrogen-bond donors (Lipinski definition) is 3. The minimum atomic E-state index is -0.579. The Morgan fingerprint density at radius 1 is 0.947 bits per heavy atom. The van der Waals surface area contributed by atoms with Crippen molar-refractivity contribution in [3.05, 3.63) is 28.8 Å². The number of phenolic OH excluding ortho intramolecular Hbond substituents is 1. The van der Waals surface area contributed by atoms with Gasteiger partial charge in [-0.15, -0.1) is 23.7 Å². The quantitative estimate of drug-likeness (QED) is 0.290. The van der Waals surface area contributed by atoms with E-state index in [1.165, 1.54) is 26.4 Å². The maximum Gasteiger partial charge on any atom is 0.270 e. The van der Waals surface area contributed by atoms with Gasteiger partial charge in [-0.05, 0) is 27.7 Å². The number of halogens is 1. The molecule has 38 heavy (non-hydrogen) atoms. The van der Waals surface area contributed by atoms with Crippen LogP contribution in [-0.4, -0.2) is 99.1 Å². The van der Waals surface area contributed by atoms with Crippen LogP contribution in [0.15, 0.2) is 17.5 Å². The first kappa shape index (κ1) is 48.3. The van der Waals surface area contributed by atoms with E-state index in [1.54, 1.807) is 5.38 Å². The lowest BCUT2D eigenvalue weighted by molar-refractivity contribution is 0.0934. The van der Waals surface area contributed by atoms with Gasteiger partial charge in [0.15, 0.2) is 16.6 Å². The van der Waals surface area contributed by atoms with Crippen molar-refractivity contribution in [3.63, 3.8) is 0 Å². The van der Waals surface area contributed by atoms with Gasteiger partial charge in [0.1, 0.15) is 11.4 Å². The normalized spacial score (nSPS) is 9.08. The molecule has 1 heterocycles. The lowest BCUT2D eigenvalue weighted by Gasteiger charge is -2.30. The summed E-state index contributed by atoms with van der Waals surface area (Å²) in [6, 6.07) is 3.43. The van der Waals surface area contributed by atoms with Gasteiger partial charge in [-0.3, -0.25) is 19.8 Å². The summed E-state index contributed by atoms with van der Waals surface area (Å²) in [5.74, 6) is -0.535. The monoisotopic (exact) mass is 594 g/mol. The second-order valence-corrected chi connectivity index (χ2v) is 8.26. The summed E-state index contributed by atoms with van der Waals surface area (Å²) in [7, 11) is 2.87. The van der Waals surface area contributed by atoms with Gasteiger partial charge in [0.25, 0.3) is 11.8 Å². The minimum Gasteiger partial charge on any atom is -0.507 e. The highest BCUT2D eigenvalue weighted by atomic mass is 35.5. The average Bonchev–Trinajstić information content (AvgIpc) is 3.18. The first-order valence-electron chi connectivity index (χ1n) is 9.93. The third kappa shape index (κ3) is 12.6. The predicted molar refractivity (Wildman–Crippen MR) is 150 cm³/mol.